The molecule has 2 rings (SSSR count). The fourth-order valence-corrected chi connectivity index (χ4v) is 2.14. The van der Waals surface area contributed by atoms with Crippen molar-refractivity contribution in [3.63, 3.8) is 0 Å². The molecule has 1 aromatic carbocycles. The second-order valence-electron chi connectivity index (χ2n) is 4.12. The lowest BCUT2D eigenvalue weighted by atomic mass is 10.1. The molecule has 0 aliphatic rings. The number of hydrogen-bond donors (Lipinski definition) is 4. The van der Waals surface area contributed by atoms with Gasteiger partial charge in [-0.25, -0.2) is 4.79 Å². The van der Waals surface area contributed by atoms with E-state index in [1.807, 2.05) is 0 Å². The Balaban J connectivity index is 2.31. The maximum absolute atomic E-state index is 12.0. The Kier molecular flexibility index (Phi) is 3.80. The van der Waals surface area contributed by atoms with Gasteiger partial charge in [-0.2, -0.15) is 0 Å². The Hall–Kier alpha value is -2.28. The molecule has 0 unspecified atom stereocenters. The molecule has 104 valence electrons. The van der Waals surface area contributed by atoms with Crippen molar-refractivity contribution in [1.29, 1.82) is 0 Å². The van der Waals surface area contributed by atoms with Gasteiger partial charge in [0.15, 0.2) is 0 Å². The third kappa shape index (κ3) is 2.67. The van der Waals surface area contributed by atoms with Crippen molar-refractivity contribution in [2.75, 3.05) is 5.32 Å². The summed E-state index contributed by atoms with van der Waals surface area (Å²) in [4.78, 5) is 25.9. The average molecular weight is 339 g/mol. The first kappa shape index (κ1) is 14.1. The topological polar surface area (TPSA) is 102 Å². The maximum Gasteiger partial charge on any atom is 0.339 e. The van der Waals surface area contributed by atoms with Crippen LogP contribution in [0.5, 0.6) is 5.75 Å². The molecule has 0 saturated heterocycles. The summed E-state index contributed by atoms with van der Waals surface area (Å²) >= 11 is 3.17. The number of aromatic carboxylic acids is 1. The van der Waals surface area contributed by atoms with Gasteiger partial charge >= 0.3 is 5.97 Å². The third-order valence-corrected chi connectivity index (χ3v) is 3.24. The molecule has 1 heterocycles. The number of phenols is 1. The maximum atomic E-state index is 12.0. The van der Waals surface area contributed by atoms with Gasteiger partial charge < -0.3 is 20.5 Å². The number of carboxylic acid groups (broad SMARTS) is 1. The van der Waals surface area contributed by atoms with Crippen LogP contribution >= 0.6 is 15.9 Å². The highest BCUT2D eigenvalue weighted by Gasteiger charge is 2.19. The Morgan fingerprint density at radius 2 is 2.05 bits per heavy atom. The van der Waals surface area contributed by atoms with Crippen LogP contribution in [-0.2, 0) is 0 Å². The number of H-pyrrole nitrogens is 1. The van der Waals surface area contributed by atoms with Crippen molar-refractivity contribution < 1.29 is 19.8 Å². The van der Waals surface area contributed by atoms with Crippen LogP contribution in [0.2, 0.25) is 0 Å². The Bertz CT molecular complexity index is 694. The molecule has 0 saturated carbocycles. The Morgan fingerprint density at radius 3 is 2.65 bits per heavy atom. The van der Waals surface area contributed by atoms with E-state index in [1.165, 1.54) is 18.3 Å². The average Bonchev–Trinajstić information content (AvgIpc) is 2.70. The number of nitrogens with one attached hydrogen (secondary N) is 2. The van der Waals surface area contributed by atoms with Gasteiger partial charge in [-0.3, -0.25) is 4.79 Å². The van der Waals surface area contributed by atoms with E-state index in [4.69, 9.17) is 5.11 Å². The number of amides is 1. The number of aromatic amines is 1. The number of phenolic OH excluding ortho intramolecular Hbond substituents is 1. The molecule has 4 N–H and O–H groups in total. The molecular weight excluding hydrogens is 328 g/mol. The Labute approximate surface area is 122 Å². The summed E-state index contributed by atoms with van der Waals surface area (Å²) in [5, 5.41) is 21.3. The minimum absolute atomic E-state index is 0.00467. The molecule has 20 heavy (non-hydrogen) atoms. The summed E-state index contributed by atoms with van der Waals surface area (Å²) in [5.74, 6) is -1.92. The third-order valence-electron chi connectivity index (χ3n) is 2.74. The molecule has 7 heteroatoms. The number of aryl methyl sites for hydroxylation is 1. The van der Waals surface area contributed by atoms with Crippen LogP contribution in [0, 0.1) is 6.92 Å². The van der Waals surface area contributed by atoms with Gasteiger partial charge in [0.25, 0.3) is 5.91 Å². The van der Waals surface area contributed by atoms with Crippen molar-refractivity contribution in [3.8, 4) is 5.75 Å². The molecule has 1 aromatic heterocycles. The van der Waals surface area contributed by atoms with Crippen LogP contribution in [-0.4, -0.2) is 27.1 Å². The zero-order chi connectivity index (χ0) is 14.9. The van der Waals surface area contributed by atoms with Gasteiger partial charge in [-0.1, -0.05) is 15.9 Å². The van der Waals surface area contributed by atoms with E-state index in [1.54, 1.807) is 13.0 Å². The molecule has 0 atom stereocenters. The number of carboxylic acids is 1. The molecule has 0 radical (unpaired) electrons. The predicted molar refractivity (Wildman–Crippen MR) is 76.2 cm³/mol. The van der Waals surface area contributed by atoms with Gasteiger partial charge in [-0.15, -0.1) is 0 Å². The summed E-state index contributed by atoms with van der Waals surface area (Å²) < 4.78 is 0.635. The number of anilines is 1. The summed E-state index contributed by atoms with van der Waals surface area (Å²) in [6.07, 6.45) is 1.40. The lowest BCUT2D eigenvalue weighted by Crippen LogP contribution is -2.14. The van der Waals surface area contributed by atoms with Crippen LogP contribution < -0.4 is 5.32 Å². The van der Waals surface area contributed by atoms with Crippen LogP contribution in [0.3, 0.4) is 0 Å². The highest BCUT2D eigenvalue weighted by atomic mass is 79.9. The minimum Gasteiger partial charge on any atom is -0.507 e. The first-order chi connectivity index (χ1) is 9.40. The largest absolute Gasteiger partial charge is 0.507 e. The molecule has 0 bridgehead atoms. The number of benzene rings is 1. The van der Waals surface area contributed by atoms with Gasteiger partial charge in [0, 0.05) is 16.4 Å². The first-order valence-corrected chi connectivity index (χ1v) is 6.40. The number of carbonyl (C=O) groups is 2. The molecule has 0 fully saturated rings. The second kappa shape index (κ2) is 5.38. The summed E-state index contributed by atoms with van der Waals surface area (Å²) in [6, 6.07) is 4.43. The SMILES string of the molecule is Cc1[nH]cc(NC(=O)c2ccc(Br)cc2O)c1C(=O)O. The molecule has 1 amide bonds. The molecular formula is C13H11BrN2O4. The highest BCUT2D eigenvalue weighted by Crippen LogP contribution is 2.25. The van der Waals surface area contributed by atoms with Crippen LogP contribution in [0.4, 0.5) is 5.69 Å². The fraction of sp³-hybridized carbons (Fsp3) is 0.0769. The lowest BCUT2D eigenvalue weighted by molar-refractivity contribution is 0.0697. The minimum atomic E-state index is -1.14. The standard InChI is InChI=1S/C13H11BrN2O4/c1-6-11(13(19)20)9(5-15-6)16-12(18)8-3-2-7(14)4-10(8)17/h2-5,15,17H,1H3,(H,16,18)(H,19,20). The molecule has 0 spiro atoms. The highest BCUT2D eigenvalue weighted by molar-refractivity contribution is 9.10. The van der Waals surface area contributed by atoms with Crippen molar-refractivity contribution >= 4 is 33.5 Å². The molecule has 0 aliphatic heterocycles. The van der Waals surface area contributed by atoms with Crippen LogP contribution in [0.1, 0.15) is 26.4 Å². The zero-order valence-electron chi connectivity index (χ0n) is 10.4. The van der Waals surface area contributed by atoms with E-state index in [0.29, 0.717) is 10.2 Å². The van der Waals surface area contributed by atoms with Crippen molar-refractivity contribution in [3.05, 3.63) is 45.7 Å². The zero-order valence-corrected chi connectivity index (χ0v) is 12.0. The van der Waals surface area contributed by atoms with Gasteiger partial charge in [0.1, 0.15) is 11.3 Å². The van der Waals surface area contributed by atoms with Crippen molar-refractivity contribution in [1.82, 2.24) is 4.98 Å². The Morgan fingerprint density at radius 1 is 1.35 bits per heavy atom. The van der Waals surface area contributed by atoms with E-state index in [0.717, 1.165) is 0 Å². The smallest absolute Gasteiger partial charge is 0.339 e. The molecule has 6 nitrogen and oxygen atoms in total. The van der Waals surface area contributed by atoms with Gasteiger partial charge in [0.05, 0.1) is 11.3 Å². The van der Waals surface area contributed by atoms with E-state index in [2.05, 4.69) is 26.2 Å². The quantitative estimate of drug-likeness (QED) is 0.690. The summed E-state index contributed by atoms with van der Waals surface area (Å²) in [5.41, 5.74) is 0.647. The number of halogens is 1. The van der Waals surface area contributed by atoms with Crippen LogP contribution in [0.25, 0.3) is 0 Å². The monoisotopic (exact) mass is 338 g/mol. The van der Waals surface area contributed by atoms with E-state index in [9.17, 15) is 14.7 Å². The first-order valence-electron chi connectivity index (χ1n) is 5.61. The number of aromatic nitrogens is 1. The predicted octanol–water partition coefficient (Wildman–Crippen LogP) is 2.74. The number of aromatic hydroxyl groups is 1. The summed E-state index contributed by atoms with van der Waals surface area (Å²) in [6.45, 7) is 1.59. The second-order valence-corrected chi connectivity index (χ2v) is 5.04. The van der Waals surface area contributed by atoms with Crippen molar-refractivity contribution in [2.24, 2.45) is 0 Å². The summed E-state index contributed by atoms with van der Waals surface area (Å²) in [7, 11) is 0. The number of carbonyl (C=O) groups excluding carboxylic acids is 1. The molecule has 0 aliphatic carbocycles. The van der Waals surface area contributed by atoms with Gasteiger partial charge in [0.2, 0.25) is 0 Å². The van der Waals surface area contributed by atoms with E-state index in [-0.39, 0.29) is 22.6 Å². The van der Waals surface area contributed by atoms with E-state index < -0.39 is 11.9 Å². The van der Waals surface area contributed by atoms with Gasteiger partial charge in [-0.05, 0) is 25.1 Å². The van der Waals surface area contributed by atoms with Crippen molar-refractivity contribution in [2.45, 2.75) is 6.92 Å². The number of hydrogen-bond acceptors (Lipinski definition) is 3. The van der Waals surface area contributed by atoms with Crippen LogP contribution in [0.15, 0.2) is 28.9 Å². The molecule has 2 aromatic rings. The fourth-order valence-electron chi connectivity index (χ4n) is 1.79. The van der Waals surface area contributed by atoms with E-state index >= 15 is 0 Å². The lowest BCUT2D eigenvalue weighted by Gasteiger charge is -2.07. The number of rotatable bonds is 3. The normalized spacial score (nSPS) is 10.3.